The van der Waals surface area contributed by atoms with Crippen LogP contribution in [0.15, 0.2) is 48.8 Å². The summed E-state index contributed by atoms with van der Waals surface area (Å²) in [5, 5.41) is 0.747. The Morgan fingerprint density at radius 2 is 1.89 bits per heavy atom. The van der Waals surface area contributed by atoms with Gasteiger partial charge >= 0.3 is 0 Å². The maximum absolute atomic E-state index is 12.6. The van der Waals surface area contributed by atoms with Crippen molar-refractivity contribution in [3.05, 3.63) is 64.4 Å². The van der Waals surface area contributed by atoms with E-state index in [9.17, 15) is 4.79 Å². The van der Waals surface area contributed by atoms with Crippen LogP contribution in [0.3, 0.4) is 0 Å². The summed E-state index contributed by atoms with van der Waals surface area (Å²) in [6.45, 7) is 3.82. The molecule has 1 saturated heterocycles. The van der Waals surface area contributed by atoms with Crippen molar-refractivity contribution in [2.45, 2.75) is 6.54 Å². The third-order valence-electron chi connectivity index (χ3n) is 4.74. The van der Waals surface area contributed by atoms with Crippen LogP contribution in [0.25, 0.3) is 10.4 Å². The maximum atomic E-state index is 12.6. The molecule has 1 amide bonds. The van der Waals surface area contributed by atoms with Crippen molar-refractivity contribution >= 4 is 34.7 Å². The van der Waals surface area contributed by atoms with Crippen LogP contribution < -0.4 is 5.73 Å². The van der Waals surface area contributed by atoms with Gasteiger partial charge in [0.15, 0.2) is 11.5 Å². The van der Waals surface area contributed by atoms with Gasteiger partial charge in [-0.1, -0.05) is 23.7 Å². The van der Waals surface area contributed by atoms with E-state index in [0.29, 0.717) is 13.1 Å². The fraction of sp³-hybridized carbons (Fsp3) is 0.250. The van der Waals surface area contributed by atoms with E-state index in [1.807, 2.05) is 18.2 Å². The Hall–Kier alpha value is -2.48. The maximum Gasteiger partial charge on any atom is 0.276 e. The third kappa shape index (κ3) is 4.16. The Morgan fingerprint density at radius 3 is 2.64 bits per heavy atom. The number of aromatic nitrogens is 2. The molecule has 0 atom stereocenters. The van der Waals surface area contributed by atoms with Crippen molar-refractivity contribution in [2.75, 3.05) is 31.9 Å². The Morgan fingerprint density at radius 1 is 1.11 bits per heavy atom. The lowest BCUT2D eigenvalue weighted by Gasteiger charge is -2.34. The average Bonchev–Trinajstić information content (AvgIpc) is 3.17. The predicted molar refractivity (Wildman–Crippen MR) is 112 cm³/mol. The fourth-order valence-electron chi connectivity index (χ4n) is 3.25. The number of carbonyl (C=O) groups is 1. The molecule has 0 saturated carbocycles. The molecule has 1 aliphatic rings. The number of hydrogen-bond acceptors (Lipinski definition) is 6. The van der Waals surface area contributed by atoms with Crippen LogP contribution in [-0.2, 0) is 6.54 Å². The van der Waals surface area contributed by atoms with Crippen LogP contribution in [0.4, 0.5) is 5.82 Å². The predicted octanol–water partition coefficient (Wildman–Crippen LogP) is 3.40. The molecule has 144 valence electrons. The van der Waals surface area contributed by atoms with E-state index in [0.717, 1.165) is 30.2 Å². The number of anilines is 1. The number of nitrogen functional groups attached to an aromatic ring is 1. The van der Waals surface area contributed by atoms with E-state index in [1.54, 1.807) is 16.2 Å². The van der Waals surface area contributed by atoms with Crippen LogP contribution in [0.2, 0.25) is 5.02 Å². The molecule has 6 nitrogen and oxygen atoms in total. The average molecular weight is 414 g/mol. The van der Waals surface area contributed by atoms with Crippen molar-refractivity contribution in [3.63, 3.8) is 0 Å². The second-order valence-electron chi connectivity index (χ2n) is 6.63. The first-order chi connectivity index (χ1) is 13.6. The number of rotatable bonds is 4. The molecule has 4 rings (SSSR count). The molecule has 2 N–H and O–H groups in total. The van der Waals surface area contributed by atoms with Crippen molar-refractivity contribution < 1.29 is 4.79 Å². The first kappa shape index (κ1) is 18.9. The lowest BCUT2D eigenvalue weighted by Crippen LogP contribution is -2.48. The first-order valence-electron chi connectivity index (χ1n) is 9.03. The zero-order valence-corrected chi connectivity index (χ0v) is 16.8. The quantitative estimate of drug-likeness (QED) is 0.709. The topological polar surface area (TPSA) is 75.3 Å². The second-order valence-corrected chi connectivity index (χ2v) is 8.24. The van der Waals surface area contributed by atoms with Gasteiger partial charge in [-0.15, -0.1) is 11.3 Å². The van der Waals surface area contributed by atoms with Gasteiger partial charge in [0, 0.05) is 59.9 Å². The number of amides is 1. The highest BCUT2D eigenvalue weighted by atomic mass is 35.5. The number of nitrogens with two attached hydrogens (primary N) is 1. The lowest BCUT2D eigenvalue weighted by molar-refractivity contribution is 0.0624. The number of piperazine rings is 1. The summed E-state index contributed by atoms with van der Waals surface area (Å²) in [6, 6.07) is 12.2. The number of benzene rings is 1. The molecule has 1 aromatic carbocycles. The normalized spacial score (nSPS) is 15.0. The molecule has 8 heteroatoms. The summed E-state index contributed by atoms with van der Waals surface area (Å²) in [7, 11) is 0. The summed E-state index contributed by atoms with van der Waals surface area (Å²) in [5.41, 5.74) is 7.15. The van der Waals surface area contributed by atoms with Gasteiger partial charge in [0.2, 0.25) is 0 Å². The number of carbonyl (C=O) groups excluding carboxylic acids is 1. The smallest absolute Gasteiger partial charge is 0.276 e. The van der Waals surface area contributed by atoms with Crippen molar-refractivity contribution in [1.29, 1.82) is 0 Å². The highest BCUT2D eigenvalue weighted by Crippen LogP contribution is 2.30. The van der Waals surface area contributed by atoms with Gasteiger partial charge in [0.1, 0.15) is 0 Å². The van der Waals surface area contributed by atoms with Crippen LogP contribution in [0.5, 0.6) is 0 Å². The summed E-state index contributed by atoms with van der Waals surface area (Å²) in [6.07, 6.45) is 2.98. The van der Waals surface area contributed by atoms with Gasteiger partial charge in [-0.25, -0.2) is 9.97 Å². The first-order valence-corrected chi connectivity index (χ1v) is 10.2. The van der Waals surface area contributed by atoms with Gasteiger partial charge in [0.05, 0.1) is 0 Å². The highest BCUT2D eigenvalue weighted by Gasteiger charge is 2.25. The number of hydrogen-bond donors (Lipinski definition) is 1. The molecule has 0 unspecified atom stereocenters. The third-order valence-corrected chi connectivity index (χ3v) is 6.09. The minimum absolute atomic E-state index is 0.149. The van der Waals surface area contributed by atoms with E-state index in [4.69, 9.17) is 17.3 Å². The molecule has 0 aliphatic carbocycles. The monoisotopic (exact) mass is 413 g/mol. The van der Waals surface area contributed by atoms with E-state index < -0.39 is 0 Å². The van der Waals surface area contributed by atoms with Crippen molar-refractivity contribution in [2.24, 2.45) is 0 Å². The van der Waals surface area contributed by atoms with E-state index in [-0.39, 0.29) is 17.4 Å². The van der Waals surface area contributed by atoms with Crippen LogP contribution in [0, 0.1) is 0 Å². The molecule has 1 aliphatic heterocycles. The Balaban J connectivity index is 1.35. The summed E-state index contributed by atoms with van der Waals surface area (Å²) in [4.78, 5) is 27.3. The zero-order chi connectivity index (χ0) is 19.5. The molecule has 1 fully saturated rings. The fourth-order valence-corrected chi connectivity index (χ4v) is 4.49. The molecule has 3 heterocycles. The lowest BCUT2D eigenvalue weighted by atomic mass is 10.2. The van der Waals surface area contributed by atoms with E-state index in [1.165, 1.54) is 22.1 Å². The van der Waals surface area contributed by atoms with Crippen molar-refractivity contribution in [3.8, 4) is 10.4 Å². The molecular formula is C20H20ClN5OS. The molecule has 0 radical (unpaired) electrons. The minimum atomic E-state index is -0.149. The highest BCUT2D eigenvalue weighted by molar-refractivity contribution is 7.15. The minimum Gasteiger partial charge on any atom is -0.382 e. The standard InChI is InChI=1S/C20H20ClN5OS/c21-15-3-1-2-14(12-15)17-5-4-16(28-17)13-25-8-10-26(11-9-25)20(27)18-19(22)24-7-6-23-18/h1-7,12H,8-11,13H2,(H2,22,24). The summed E-state index contributed by atoms with van der Waals surface area (Å²) < 4.78 is 0. The Labute approximate surface area is 172 Å². The molecule has 0 spiro atoms. The van der Waals surface area contributed by atoms with Gasteiger partial charge in [-0.05, 0) is 29.8 Å². The van der Waals surface area contributed by atoms with Crippen LogP contribution in [0.1, 0.15) is 15.4 Å². The summed E-state index contributed by atoms with van der Waals surface area (Å²) >= 11 is 7.88. The van der Waals surface area contributed by atoms with Gasteiger partial charge in [-0.2, -0.15) is 0 Å². The Bertz CT molecular complexity index is 984. The molecule has 28 heavy (non-hydrogen) atoms. The Kier molecular flexibility index (Phi) is 5.57. The van der Waals surface area contributed by atoms with E-state index in [2.05, 4.69) is 33.1 Å². The van der Waals surface area contributed by atoms with Gasteiger partial charge < -0.3 is 10.6 Å². The van der Waals surface area contributed by atoms with Crippen LogP contribution >= 0.6 is 22.9 Å². The number of halogens is 1. The largest absolute Gasteiger partial charge is 0.382 e. The molecule has 0 bridgehead atoms. The molecule has 3 aromatic rings. The van der Waals surface area contributed by atoms with Gasteiger partial charge in [-0.3, -0.25) is 9.69 Å². The second kappa shape index (κ2) is 8.26. The van der Waals surface area contributed by atoms with Gasteiger partial charge in [0.25, 0.3) is 5.91 Å². The summed E-state index contributed by atoms with van der Waals surface area (Å²) in [5.74, 6) is 0.0340. The van der Waals surface area contributed by atoms with Crippen molar-refractivity contribution in [1.82, 2.24) is 19.8 Å². The van der Waals surface area contributed by atoms with Crippen LogP contribution in [-0.4, -0.2) is 51.9 Å². The zero-order valence-electron chi connectivity index (χ0n) is 15.2. The van der Waals surface area contributed by atoms with E-state index >= 15 is 0 Å². The molecular weight excluding hydrogens is 394 g/mol. The number of thiophene rings is 1. The SMILES string of the molecule is Nc1nccnc1C(=O)N1CCN(Cc2ccc(-c3cccc(Cl)c3)s2)CC1. The molecule has 2 aromatic heterocycles. The number of nitrogens with zero attached hydrogens (tertiary/aromatic N) is 4.